The van der Waals surface area contributed by atoms with E-state index in [1.165, 1.54) is 11.1 Å². The molecule has 3 rings (SSSR count). The standard InChI is InChI=1S/C13H12O/c1-2-5-12-10-13(7-3-9-14-13)8-6-11(12)4-1/h1-6,8-9H,7,10H2. The highest BCUT2D eigenvalue weighted by atomic mass is 16.5. The maximum absolute atomic E-state index is 5.67. The van der Waals surface area contributed by atoms with Gasteiger partial charge in [-0.25, -0.2) is 0 Å². The van der Waals surface area contributed by atoms with Crippen LogP contribution in [0.2, 0.25) is 0 Å². The van der Waals surface area contributed by atoms with E-state index in [9.17, 15) is 0 Å². The lowest BCUT2D eigenvalue weighted by Gasteiger charge is -2.29. The van der Waals surface area contributed by atoms with E-state index in [2.05, 4.69) is 42.5 Å². The van der Waals surface area contributed by atoms with Crippen molar-refractivity contribution < 1.29 is 4.74 Å². The fraction of sp³-hybridized carbons (Fsp3) is 0.231. The van der Waals surface area contributed by atoms with Gasteiger partial charge in [0.15, 0.2) is 0 Å². The first kappa shape index (κ1) is 7.86. The first-order valence-corrected chi connectivity index (χ1v) is 4.98. The Labute approximate surface area is 83.7 Å². The van der Waals surface area contributed by atoms with Gasteiger partial charge >= 0.3 is 0 Å². The minimum absolute atomic E-state index is 0.0750. The smallest absolute Gasteiger partial charge is 0.134 e. The van der Waals surface area contributed by atoms with E-state index in [0.29, 0.717) is 0 Å². The molecule has 0 amide bonds. The van der Waals surface area contributed by atoms with Gasteiger partial charge in [-0.2, -0.15) is 0 Å². The van der Waals surface area contributed by atoms with E-state index < -0.39 is 0 Å². The molecule has 0 saturated heterocycles. The van der Waals surface area contributed by atoms with E-state index in [0.717, 1.165) is 12.8 Å². The molecule has 0 fully saturated rings. The lowest BCUT2D eigenvalue weighted by molar-refractivity contribution is 0.0925. The molecule has 1 aromatic rings. The van der Waals surface area contributed by atoms with Gasteiger partial charge in [0.2, 0.25) is 0 Å². The summed E-state index contributed by atoms with van der Waals surface area (Å²) in [7, 11) is 0. The molecule has 0 aromatic heterocycles. The van der Waals surface area contributed by atoms with Crippen LogP contribution in [0.3, 0.4) is 0 Å². The van der Waals surface area contributed by atoms with Gasteiger partial charge in [-0.1, -0.05) is 30.3 Å². The molecule has 1 heterocycles. The Morgan fingerprint density at radius 3 is 3.00 bits per heavy atom. The Balaban J connectivity index is 2.01. The van der Waals surface area contributed by atoms with Crippen molar-refractivity contribution in [1.29, 1.82) is 0 Å². The second kappa shape index (κ2) is 2.74. The third kappa shape index (κ3) is 1.09. The Hall–Kier alpha value is -1.50. The molecule has 0 N–H and O–H groups in total. The molecule has 1 aromatic carbocycles. The Morgan fingerprint density at radius 2 is 2.14 bits per heavy atom. The SMILES string of the molecule is C1=COC2(C=Cc3ccccc3C2)C1. The molecule has 0 saturated carbocycles. The van der Waals surface area contributed by atoms with Crippen LogP contribution in [0.25, 0.3) is 6.08 Å². The van der Waals surface area contributed by atoms with Crippen molar-refractivity contribution in [2.45, 2.75) is 18.4 Å². The first-order chi connectivity index (χ1) is 6.88. The number of rotatable bonds is 0. The maximum Gasteiger partial charge on any atom is 0.134 e. The van der Waals surface area contributed by atoms with Gasteiger partial charge in [-0.05, 0) is 23.3 Å². The Bertz CT molecular complexity index is 407. The van der Waals surface area contributed by atoms with Crippen molar-refractivity contribution in [3.63, 3.8) is 0 Å². The summed E-state index contributed by atoms with van der Waals surface area (Å²) in [5.41, 5.74) is 2.64. The molecule has 1 aliphatic carbocycles. The molecule has 1 unspecified atom stereocenters. The minimum atomic E-state index is -0.0750. The van der Waals surface area contributed by atoms with Crippen LogP contribution in [-0.2, 0) is 11.2 Å². The van der Waals surface area contributed by atoms with E-state index in [1.54, 1.807) is 0 Å². The molecule has 70 valence electrons. The van der Waals surface area contributed by atoms with Gasteiger partial charge in [0.25, 0.3) is 0 Å². The summed E-state index contributed by atoms with van der Waals surface area (Å²) in [6, 6.07) is 8.51. The summed E-state index contributed by atoms with van der Waals surface area (Å²) in [5.74, 6) is 0. The molecule has 14 heavy (non-hydrogen) atoms. The molecule has 1 spiro atoms. The predicted molar refractivity (Wildman–Crippen MR) is 56.8 cm³/mol. The molecule has 0 bridgehead atoms. The number of fused-ring (bicyclic) bond motifs is 1. The molecule has 0 radical (unpaired) electrons. The molecule has 1 heteroatoms. The fourth-order valence-electron chi connectivity index (χ4n) is 2.18. The number of benzene rings is 1. The molecular formula is C13H12O. The molecular weight excluding hydrogens is 172 g/mol. The lowest BCUT2D eigenvalue weighted by atomic mass is 9.84. The summed E-state index contributed by atoms with van der Waals surface area (Å²) in [5, 5.41) is 0. The van der Waals surface area contributed by atoms with Crippen LogP contribution < -0.4 is 0 Å². The second-order valence-corrected chi connectivity index (χ2v) is 3.97. The average Bonchev–Trinajstić information content (AvgIpc) is 2.66. The van der Waals surface area contributed by atoms with Crippen LogP contribution >= 0.6 is 0 Å². The van der Waals surface area contributed by atoms with Crippen molar-refractivity contribution in [3.05, 3.63) is 53.8 Å². The minimum Gasteiger partial charge on any atom is -0.490 e. The van der Waals surface area contributed by atoms with Crippen molar-refractivity contribution in [3.8, 4) is 0 Å². The van der Waals surface area contributed by atoms with Gasteiger partial charge in [0.05, 0.1) is 6.26 Å². The topological polar surface area (TPSA) is 9.23 Å². The zero-order valence-corrected chi connectivity index (χ0v) is 7.94. The molecule has 1 nitrogen and oxygen atoms in total. The summed E-state index contributed by atoms with van der Waals surface area (Å²) >= 11 is 0. The quantitative estimate of drug-likeness (QED) is 0.602. The second-order valence-electron chi connectivity index (χ2n) is 3.97. The highest BCUT2D eigenvalue weighted by Crippen LogP contribution is 2.34. The van der Waals surface area contributed by atoms with Gasteiger partial charge in [-0.3, -0.25) is 0 Å². The normalized spacial score (nSPS) is 27.7. The molecule has 1 atom stereocenters. The van der Waals surface area contributed by atoms with Gasteiger partial charge in [0, 0.05) is 12.8 Å². The van der Waals surface area contributed by atoms with Gasteiger partial charge in [0.1, 0.15) is 5.60 Å². The van der Waals surface area contributed by atoms with Crippen molar-refractivity contribution >= 4 is 6.08 Å². The van der Waals surface area contributed by atoms with E-state index in [1.807, 2.05) is 6.26 Å². The Morgan fingerprint density at radius 1 is 1.21 bits per heavy atom. The van der Waals surface area contributed by atoms with Crippen molar-refractivity contribution in [2.75, 3.05) is 0 Å². The predicted octanol–water partition coefficient (Wildman–Crippen LogP) is 2.93. The van der Waals surface area contributed by atoms with Crippen LogP contribution in [0.1, 0.15) is 17.5 Å². The van der Waals surface area contributed by atoms with E-state index in [4.69, 9.17) is 4.74 Å². The third-order valence-electron chi connectivity index (χ3n) is 2.97. The van der Waals surface area contributed by atoms with E-state index >= 15 is 0 Å². The lowest BCUT2D eigenvalue weighted by Crippen LogP contribution is -2.30. The summed E-state index contributed by atoms with van der Waals surface area (Å²) in [4.78, 5) is 0. The van der Waals surface area contributed by atoms with Crippen LogP contribution in [0.4, 0.5) is 0 Å². The van der Waals surface area contributed by atoms with Crippen LogP contribution in [0.15, 0.2) is 42.7 Å². The third-order valence-corrected chi connectivity index (χ3v) is 2.97. The zero-order chi connectivity index (χ0) is 9.43. The summed E-state index contributed by atoms with van der Waals surface area (Å²) < 4.78 is 5.67. The maximum atomic E-state index is 5.67. The van der Waals surface area contributed by atoms with Crippen molar-refractivity contribution in [2.24, 2.45) is 0 Å². The summed E-state index contributed by atoms with van der Waals surface area (Å²) in [6.07, 6.45) is 10.3. The molecule has 1 aliphatic heterocycles. The Kier molecular flexibility index (Phi) is 1.54. The average molecular weight is 184 g/mol. The number of hydrogen-bond donors (Lipinski definition) is 0. The van der Waals surface area contributed by atoms with Crippen molar-refractivity contribution in [1.82, 2.24) is 0 Å². The number of hydrogen-bond acceptors (Lipinski definition) is 1. The van der Waals surface area contributed by atoms with Crippen LogP contribution in [0, 0.1) is 0 Å². The van der Waals surface area contributed by atoms with E-state index in [-0.39, 0.29) is 5.60 Å². The van der Waals surface area contributed by atoms with Crippen LogP contribution in [-0.4, -0.2) is 5.60 Å². The zero-order valence-electron chi connectivity index (χ0n) is 7.94. The summed E-state index contributed by atoms with van der Waals surface area (Å²) in [6.45, 7) is 0. The van der Waals surface area contributed by atoms with Crippen LogP contribution in [0.5, 0.6) is 0 Å². The monoisotopic (exact) mass is 184 g/mol. The molecule has 2 aliphatic rings. The largest absolute Gasteiger partial charge is 0.490 e. The first-order valence-electron chi connectivity index (χ1n) is 4.98. The number of ether oxygens (including phenoxy) is 1. The highest BCUT2D eigenvalue weighted by molar-refractivity contribution is 5.59. The highest BCUT2D eigenvalue weighted by Gasteiger charge is 2.33. The fourth-order valence-corrected chi connectivity index (χ4v) is 2.18. The van der Waals surface area contributed by atoms with Gasteiger partial charge < -0.3 is 4.74 Å². The van der Waals surface area contributed by atoms with Gasteiger partial charge in [-0.15, -0.1) is 0 Å².